The normalized spacial score (nSPS) is 10.7. The van der Waals surface area contributed by atoms with Crippen molar-refractivity contribution in [2.24, 2.45) is 5.92 Å². The lowest BCUT2D eigenvalue weighted by atomic mass is 10.0. The number of hydrogen-bond acceptors (Lipinski definition) is 3. The lowest BCUT2D eigenvalue weighted by Gasteiger charge is -2.13. The number of hydrogen-bond donors (Lipinski definition) is 1. The Balaban J connectivity index is 2.78. The van der Waals surface area contributed by atoms with Gasteiger partial charge < -0.3 is 10.1 Å². The zero-order valence-corrected chi connectivity index (χ0v) is 12.6. The molecule has 1 amide bonds. The second-order valence-electron chi connectivity index (χ2n) is 5.04. The van der Waals surface area contributed by atoms with E-state index in [2.05, 4.69) is 5.32 Å². The molecule has 0 saturated heterocycles. The summed E-state index contributed by atoms with van der Waals surface area (Å²) in [5.74, 6) is -0.385. The zero-order valence-electron chi connectivity index (χ0n) is 12.6. The summed E-state index contributed by atoms with van der Waals surface area (Å²) in [7, 11) is 0. The quantitative estimate of drug-likeness (QED) is 0.808. The van der Waals surface area contributed by atoms with Crippen molar-refractivity contribution in [3.05, 3.63) is 29.8 Å². The molecule has 0 unspecified atom stereocenters. The molecule has 0 spiro atoms. The van der Waals surface area contributed by atoms with Gasteiger partial charge in [0.1, 0.15) is 0 Å². The molecule has 0 aromatic heterocycles. The molecule has 20 heavy (non-hydrogen) atoms. The van der Waals surface area contributed by atoms with Crippen LogP contribution >= 0.6 is 0 Å². The van der Waals surface area contributed by atoms with Gasteiger partial charge in [-0.1, -0.05) is 19.9 Å². The third kappa shape index (κ3) is 4.68. The Labute approximate surface area is 120 Å². The predicted molar refractivity (Wildman–Crippen MR) is 79.7 cm³/mol. The molecule has 0 aliphatic heterocycles. The van der Waals surface area contributed by atoms with Crippen LogP contribution in [0, 0.1) is 5.92 Å². The van der Waals surface area contributed by atoms with E-state index in [1.54, 1.807) is 38.1 Å². The van der Waals surface area contributed by atoms with Gasteiger partial charge in [-0.15, -0.1) is 0 Å². The molecule has 0 aliphatic rings. The highest BCUT2D eigenvalue weighted by atomic mass is 16.5. The average molecular weight is 277 g/mol. The number of esters is 1. The monoisotopic (exact) mass is 277 g/mol. The molecule has 4 heteroatoms. The van der Waals surface area contributed by atoms with Gasteiger partial charge in [-0.3, -0.25) is 4.79 Å². The highest BCUT2D eigenvalue weighted by Crippen LogP contribution is 2.16. The SMILES string of the molecule is CCC(CC)C(=O)Nc1cccc(C(=O)OC(C)C)c1. The maximum atomic E-state index is 12.0. The van der Waals surface area contributed by atoms with Crippen molar-refractivity contribution in [3.8, 4) is 0 Å². The van der Waals surface area contributed by atoms with Crippen molar-refractivity contribution in [2.45, 2.75) is 46.6 Å². The molecular formula is C16H23NO3. The maximum absolute atomic E-state index is 12.0. The lowest BCUT2D eigenvalue weighted by molar-refractivity contribution is -0.120. The highest BCUT2D eigenvalue weighted by Gasteiger charge is 2.15. The van der Waals surface area contributed by atoms with Gasteiger partial charge in [0.2, 0.25) is 5.91 Å². The van der Waals surface area contributed by atoms with Crippen LogP contribution in [0.25, 0.3) is 0 Å². The standard InChI is InChI=1S/C16H23NO3/c1-5-12(6-2)15(18)17-14-9-7-8-13(10-14)16(19)20-11(3)4/h7-12H,5-6H2,1-4H3,(H,17,18). The Bertz CT molecular complexity index is 465. The fourth-order valence-electron chi connectivity index (χ4n) is 1.91. The van der Waals surface area contributed by atoms with Gasteiger partial charge in [-0.2, -0.15) is 0 Å². The molecule has 1 aromatic rings. The molecule has 1 aromatic carbocycles. The van der Waals surface area contributed by atoms with Gasteiger partial charge in [0.25, 0.3) is 0 Å². The Hall–Kier alpha value is -1.84. The average Bonchev–Trinajstić information content (AvgIpc) is 2.39. The fraction of sp³-hybridized carbons (Fsp3) is 0.500. The van der Waals surface area contributed by atoms with Crippen molar-refractivity contribution in [1.29, 1.82) is 0 Å². The van der Waals surface area contributed by atoms with E-state index in [-0.39, 0.29) is 23.9 Å². The number of nitrogens with one attached hydrogen (secondary N) is 1. The molecule has 0 bridgehead atoms. The summed E-state index contributed by atoms with van der Waals surface area (Å²) in [6.07, 6.45) is 1.44. The second-order valence-corrected chi connectivity index (χ2v) is 5.04. The summed E-state index contributed by atoms with van der Waals surface area (Å²) in [6, 6.07) is 6.83. The molecule has 0 aliphatic carbocycles. The fourth-order valence-corrected chi connectivity index (χ4v) is 1.91. The summed E-state index contributed by atoms with van der Waals surface area (Å²) in [5, 5.41) is 2.85. The zero-order chi connectivity index (χ0) is 15.1. The van der Waals surface area contributed by atoms with E-state index in [4.69, 9.17) is 4.74 Å². The largest absolute Gasteiger partial charge is 0.459 e. The summed E-state index contributed by atoms with van der Waals surface area (Å²) >= 11 is 0. The van der Waals surface area contributed by atoms with Gasteiger partial charge in [0.05, 0.1) is 11.7 Å². The number of rotatable bonds is 6. The summed E-state index contributed by atoms with van der Waals surface area (Å²) in [4.78, 5) is 23.8. The van der Waals surface area contributed by atoms with Gasteiger partial charge in [0, 0.05) is 11.6 Å². The van der Waals surface area contributed by atoms with Gasteiger partial charge in [-0.25, -0.2) is 4.79 Å². The van der Waals surface area contributed by atoms with Crippen LogP contribution in [0.5, 0.6) is 0 Å². The van der Waals surface area contributed by atoms with Crippen LogP contribution in [-0.4, -0.2) is 18.0 Å². The first kappa shape index (κ1) is 16.2. The van der Waals surface area contributed by atoms with E-state index in [9.17, 15) is 9.59 Å². The van der Waals surface area contributed by atoms with Crippen LogP contribution < -0.4 is 5.32 Å². The van der Waals surface area contributed by atoms with Gasteiger partial charge in [0.15, 0.2) is 0 Å². The molecule has 1 N–H and O–H groups in total. The molecule has 0 atom stereocenters. The first-order chi connectivity index (χ1) is 9.47. The molecular weight excluding hydrogens is 254 g/mol. The molecule has 4 nitrogen and oxygen atoms in total. The van der Waals surface area contributed by atoms with E-state index >= 15 is 0 Å². The molecule has 0 fully saturated rings. The number of carbonyl (C=O) groups is 2. The summed E-state index contributed by atoms with van der Waals surface area (Å²) in [5.41, 5.74) is 1.07. The van der Waals surface area contributed by atoms with Crippen LogP contribution in [0.1, 0.15) is 50.9 Å². The minimum absolute atomic E-state index is 0.00118. The molecule has 0 heterocycles. The van der Waals surface area contributed by atoms with Gasteiger partial charge >= 0.3 is 5.97 Å². The summed E-state index contributed by atoms with van der Waals surface area (Å²) in [6.45, 7) is 7.58. The van der Waals surface area contributed by atoms with Crippen molar-refractivity contribution in [2.75, 3.05) is 5.32 Å². The van der Waals surface area contributed by atoms with E-state index < -0.39 is 0 Å². The minimum atomic E-state index is -0.376. The summed E-state index contributed by atoms with van der Waals surface area (Å²) < 4.78 is 5.13. The van der Waals surface area contributed by atoms with Crippen LogP contribution in [0.2, 0.25) is 0 Å². The van der Waals surface area contributed by atoms with Crippen LogP contribution in [0.4, 0.5) is 5.69 Å². The first-order valence-corrected chi connectivity index (χ1v) is 7.09. The van der Waals surface area contributed by atoms with E-state index in [1.807, 2.05) is 13.8 Å². The number of carbonyl (C=O) groups excluding carboxylic acids is 2. The van der Waals surface area contributed by atoms with Crippen molar-refractivity contribution < 1.29 is 14.3 Å². The van der Waals surface area contributed by atoms with E-state index in [0.717, 1.165) is 12.8 Å². The molecule has 0 saturated carbocycles. The second kappa shape index (κ2) is 7.68. The number of benzene rings is 1. The highest BCUT2D eigenvalue weighted by molar-refractivity contribution is 5.95. The van der Waals surface area contributed by atoms with Crippen molar-refractivity contribution in [3.63, 3.8) is 0 Å². The molecule has 1 rings (SSSR count). The maximum Gasteiger partial charge on any atom is 0.338 e. The van der Waals surface area contributed by atoms with Crippen LogP contribution in [0.3, 0.4) is 0 Å². The van der Waals surface area contributed by atoms with E-state index in [0.29, 0.717) is 11.3 Å². The Kier molecular flexibility index (Phi) is 6.22. The van der Waals surface area contributed by atoms with Crippen LogP contribution in [-0.2, 0) is 9.53 Å². The Morgan fingerprint density at radius 2 is 1.85 bits per heavy atom. The van der Waals surface area contributed by atoms with Gasteiger partial charge in [-0.05, 0) is 44.9 Å². The lowest BCUT2D eigenvalue weighted by Crippen LogP contribution is -2.21. The van der Waals surface area contributed by atoms with Crippen molar-refractivity contribution >= 4 is 17.6 Å². The predicted octanol–water partition coefficient (Wildman–Crippen LogP) is 3.63. The van der Waals surface area contributed by atoms with Crippen molar-refractivity contribution in [1.82, 2.24) is 0 Å². The number of ether oxygens (including phenoxy) is 1. The number of anilines is 1. The topological polar surface area (TPSA) is 55.4 Å². The third-order valence-electron chi connectivity index (χ3n) is 3.06. The van der Waals surface area contributed by atoms with E-state index in [1.165, 1.54) is 0 Å². The molecule has 110 valence electrons. The Morgan fingerprint density at radius 3 is 2.40 bits per heavy atom. The minimum Gasteiger partial charge on any atom is -0.459 e. The number of amides is 1. The Morgan fingerprint density at radius 1 is 1.20 bits per heavy atom. The molecule has 0 radical (unpaired) electrons. The smallest absolute Gasteiger partial charge is 0.338 e. The first-order valence-electron chi connectivity index (χ1n) is 7.09. The van der Waals surface area contributed by atoms with Crippen LogP contribution in [0.15, 0.2) is 24.3 Å². The third-order valence-corrected chi connectivity index (χ3v) is 3.06.